The van der Waals surface area contributed by atoms with Crippen molar-refractivity contribution in [2.24, 2.45) is 0 Å². The number of pyridine rings is 1. The minimum Gasteiger partial charge on any atom is -0.494 e. The van der Waals surface area contributed by atoms with Gasteiger partial charge in [-0.05, 0) is 12.1 Å². The summed E-state index contributed by atoms with van der Waals surface area (Å²) in [6.07, 6.45) is 0. The maximum absolute atomic E-state index is 13.5. The Bertz CT molecular complexity index is 619. The zero-order valence-corrected chi connectivity index (χ0v) is 9.88. The fraction of sp³-hybridized carbons (Fsp3) is 0.0833. The van der Waals surface area contributed by atoms with Gasteiger partial charge in [-0.25, -0.2) is 18.2 Å². The number of ether oxygens (including phenoxy) is 1. The van der Waals surface area contributed by atoms with Crippen LogP contribution in [0.15, 0.2) is 24.3 Å². The SMILES string of the molecule is COc1cc(F)ccc1Nc1nc(N)c(F)cc1F. The highest BCUT2D eigenvalue weighted by molar-refractivity contribution is 5.65. The first-order valence-corrected chi connectivity index (χ1v) is 5.23. The van der Waals surface area contributed by atoms with E-state index in [0.29, 0.717) is 6.07 Å². The predicted molar refractivity (Wildman–Crippen MR) is 64.8 cm³/mol. The van der Waals surface area contributed by atoms with Gasteiger partial charge in [0.2, 0.25) is 0 Å². The number of benzene rings is 1. The van der Waals surface area contributed by atoms with E-state index in [1.54, 1.807) is 0 Å². The zero-order valence-electron chi connectivity index (χ0n) is 9.88. The molecule has 7 heteroatoms. The number of halogens is 3. The van der Waals surface area contributed by atoms with E-state index in [4.69, 9.17) is 10.5 Å². The van der Waals surface area contributed by atoms with Gasteiger partial charge in [0.15, 0.2) is 23.3 Å². The second-order valence-corrected chi connectivity index (χ2v) is 3.66. The maximum atomic E-state index is 13.5. The van der Waals surface area contributed by atoms with E-state index in [1.165, 1.54) is 13.2 Å². The smallest absolute Gasteiger partial charge is 0.169 e. The molecule has 3 N–H and O–H groups in total. The molecule has 1 heterocycles. The van der Waals surface area contributed by atoms with Crippen molar-refractivity contribution < 1.29 is 17.9 Å². The van der Waals surface area contributed by atoms with Crippen LogP contribution in [0.2, 0.25) is 0 Å². The molecule has 0 aliphatic heterocycles. The van der Waals surface area contributed by atoms with Gasteiger partial charge in [-0.3, -0.25) is 0 Å². The molecule has 100 valence electrons. The molecule has 19 heavy (non-hydrogen) atoms. The van der Waals surface area contributed by atoms with Gasteiger partial charge < -0.3 is 15.8 Å². The molecule has 0 saturated carbocycles. The number of nitrogens with one attached hydrogen (secondary N) is 1. The number of nitrogens with zero attached hydrogens (tertiary/aromatic N) is 1. The van der Waals surface area contributed by atoms with E-state index in [0.717, 1.165) is 12.1 Å². The van der Waals surface area contributed by atoms with Gasteiger partial charge in [0.1, 0.15) is 11.6 Å². The first-order valence-electron chi connectivity index (χ1n) is 5.23. The van der Waals surface area contributed by atoms with Crippen molar-refractivity contribution >= 4 is 17.3 Å². The molecule has 1 aromatic carbocycles. The Hall–Kier alpha value is -2.44. The molecule has 0 radical (unpaired) electrons. The number of aromatic nitrogens is 1. The topological polar surface area (TPSA) is 60.2 Å². The lowest BCUT2D eigenvalue weighted by molar-refractivity contribution is 0.413. The maximum Gasteiger partial charge on any atom is 0.169 e. The van der Waals surface area contributed by atoms with Gasteiger partial charge in [0.25, 0.3) is 0 Å². The average Bonchev–Trinajstić information content (AvgIpc) is 2.37. The largest absolute Gasteiger partial charge is 0.494 e. The van der Waals surface area contributed by atoms with Gasteiger partial charge in [-0.2, -0.15) is 0 Å². The standard InChI is InChI=1S/C12H10F3N3O/c1-19-10-4-6(13)2-3-9(10)17-12-8(15)5-7(14)11(16)18-12/h2-5H,1H3,(H3,16,17,18). The Morgan fingerprint density at radius 2 is 1.89 bits per heavy atom. The van der Waals surface area contributed by atoms with Crippen molar-refractivity contribution in [2.45, 2.75) is 0 Å². The van der Waals surface area contributed by atoms with Crippen LogP contribution >= 0.6 is 0 Å². The van der Waals surface area contributed by atoms with E-state index in [1.807, 2.05) is 0 Å². The Morgan fingerprint density at radius 1 is 1.16 bits per heavy atom. The fourth-order valence-corrected chi connectivity index (χ4v) is 1.46. The van der Waals surface area contributed by atoms with E-state index < -0.39 is 23.3 Å². The lowest BCUT2D eigenvalue weighted by Gasteiger charge is -2.11. The molecule has 0 aliphatic carbocycles. The number of nitrogens with two attached hydrogens (primary N) is 1. The van der Waals surface area contributed by atoms with Gasteiger partial charge in [0, 0.05) is 12.1 Å². The first-order chi connectivity index (χ1) is 9.01. The molecular formula is C12H10F3N3O. The van der Waals surface area contributed by atoms with Crippen molar-refractivity contribution in [2.75, 3.05) is 18.2 Å². The molecule has 2 rings (SSSR count). The third kappa shape index (κ3) is 2.70. The summed E-state index contributed by atoms with van der Waals surface area (Å²) < 4.78 is 44.4. The fourth-order valence-electron chi connectivity index (χ4n) is 1.46. The van der Waals surface area contributed by atoms with Crippen molar-refractivity contribution in [3.63, 3.8) is 0 Å². The Kier molecular flexibility index (Phi) is 3.46. The van der Waals surface area contributed by atoms with Gasteiger partial charge in [-0.1, -0.05) is 0 Å². The van der Waals surface area contributed by atoms with Gasteiger partial charge in [0.05, 0.1) is 12.8 Å². The van der Waals surface area contributed by atoms with Crippen molar-refractivity contribution in [3.8, 4) is 5.75 Å². The van der Waals surface area contributed by atoms with Crippen molar-refractivity contribution in [1.29, 1.82) is 0 Å². The Balaban J connectivity index is 2.39. The lowest BCUT2D eigenvalue weighted by Crippen LogP contribution is -2.04. The van der Waals surface area contributed by atoms with Crippen LogP contribution in [-0.4, -0.2) is 12.1 Å². The molecule has 2 aromatic rings. The molecule has 0 fully saturated rings. The monoisotopic (exact) mass is 269 g/mol. The number of methoxy groups -OCH3 is 1. The normalized spacial score (nSPS) is 10.3. The molecule has 0 amide bonds. The van der Waals surface area contributed by atoms with E-state index >= 15 is 0 Å². The second kappa shape index (κ2) is 5.05. The summed E-state index contributed by atoms with van der Waals surface area (Å²) in [5.74, 6) is -2.93. The third-order valence-electron chi connectivity index (χ3n) is 2.37. The van der Waals surface area contributed by atoms with Crippen LogP contribution in [-0.2, 0) is 0 Å². The summed E-state index contributed by atoms with van der Waals surface area (Å²) in [4.78, 5) is 3.53. The highest BCUT2D eigenvalue weighted by atomic mass is 19.1. The van der Waals surface area contributed by atoms with Crippen LogP contribution < -0.4 is 15.8 Å². The molecule has 0 saturated heterocycles. The van der Waals surface area contributed by atoms with Crippen molar-refractivity contribution in [3.05, 3.63) is 41.7 Å². The van der Waals surface area contributed by atoms with Crippen molar-refractivity contribution in [1.82, 2.24) is 4.98 Å². The summed E-state index contributed by atoms with van der Waals surface area (Å²) in [6.45, 7) is 0. The molecule has 0 unspecified atom stereocenters. The summed E-state index contributed by atoms with van der Waals surface area (Å²) in [5.41, 5.74) is 5.53. The molecule has 0 bridgehead atoms. The average molecular weight is 269 g/mol. The second-order valence-electron chi connectivity index (χ2n) is 3.66. The quantitative estimate of drug-likeness (QED) is 0.899. The highest BCUT2D eigenvalue weighted by Crippen LogP contribution is 2.29. The minimum atomic E-state index is -0.950. The number of nitrogen functional groups attached to an aromatic ring is 1. The summed E-state index contributed by atoms with van der Waals surface area (Å²) in [6, 6.07) is 4.23. The molecule has 1 aromatic heterocycles. The van der Waals surface area contributed by atoms with Crippen LogP contribution in [0.5, 0.6) is 5.75 Å². The Morgan fingerprint density at radius 3 is 2.58 bits per heavy atom. The van der Waals surface area contributed by atoms with E-state index in [2.05, 4.69) is 10.3 Å². The first kappa shape index (κ1) is 13.0. The van der Waals surface area contributed by atoms with Gasteiger partial charge in [-0.15, -0.1) is 0 Å². The summed E-state index contributed by atoms with van der Waals surface area (Å²) in [7, 11) is 1.34. The number of rotatable bonds is 3. The summed E-state index contributed by atoms with van der Waals surface area (Å²) >= 11 is 0. The van der Waals surface area contributed by atoms with Crippen LogP contribution in [0, 0.1) is 17.5 Å². The van der Waals surface area contributed by atoms with Crippen LogP contribution in [0.25, 0.3) is 0 Å². The number of hydrogen-bond acceptors (Lipinski definition) is 4. The van der Waals surface area contributed by atoms with Crippen LogP contribution in [0.1, 0.15) is 0 Å². The predicted octanol–water partition coefficient (Wildman–Crippen LogP) is 2.83. The Labute approximate surface area is 107 Å². The highest BCUT2D eigenvalue weighted by Gasteiger charge is 2.12. The number of hydrogen-bond donors (Lipinski definition) is 2. The summed E-state index contributed by atoms with van der Waals surface area (Å²) in [5, 5.41) is 2.56. The van der Waals surface area contributed by atoms with Crippen LogP contribution in [0.4, 0.5) is 30.5 Å². The van der Waals surface area contributed by atoms with E-state index in [-0.39, 0.29) is 17.3 Å². The molecule has 0 spiro atoms. The van der Waals surface area contributed by atoms with Gasteiger partial charge >= 0.3 is 0 Å². The minimum absolute atomic E-state index is 0.157. The third-order valence-corrected chi connectivity index (χ3v) is 2.37. The molecule has 4 nitrogen and oxygen atoms in total. The zero-order chi connectivity index (χ0) is 14.0. The number of anilines is 3. The lowest BCUT2D eigenvalue weighted by atomic mass is 10.2. The van der Waals surface area contributed by atoms with Crippen LogP contribution in [0.3, 0.4) is 0 Å². The van der Waals surface area contributed by atoms with E-state index in [9.17, 15) is 13.2 Å². The molecule has 0 atom stereocenters. The molecule has 0 aliphatic rings. The molecular weight excluding hydrogens is 259 g/mol.